The van der Waals surface area contributed by atoms with Gasteiger partial charge in [0.05, 0.1) is 5.39 Å². The zero-order valence-corrected chi connectivity index (χ0v) is 12.4. The Hall–Kier alpha value is -3.13. The first-order valence-electron chi connectivity index (χ1n) is 7.50. The maximum absolute atomic E-state index is 12.5. The lowest BCUT2D eigenvalue weighted by atomic mass is 10.1. The van der Waals surface area contributed by atoms with Crippen molar-refractivity contribution in [1.29, 1.82) is 0 Å². The summed E-state index contributed by atoms with van der Waals surface area (Å²) in [6.07, 6.45) is 3.76. The molecular weight excluding hydrogens is 284 g/mol. The van der Waals surface area contributed by atoms with Crippen molar-refractivity contribution in [2.24, 2.45) is 0 Å². The zero-order valence-electron chi connectivity index (χ0n) is 12.4. The molecule has 23 heavy (non-hydrogen) atoms. The lowest BCUT2D eigenvalue weighted by Crippen LogP contribution is -2.01. The minimum absolute atomic E-state index is 0.0178. The van der Waals surface area contributed by atoms with E-state index in [0.29, 0.717) is 16.7 Å². The molecule has 0 saturated carbocycles. The Morgan fingerprint density at radius 3 is 2.43 bits per heavy atom. The summed E-state index contributed by atoms with van der Waals surface area (Å²) in [6.45, 7) is 0. The zero-order chi connectivity index (χ0) is 15.6. The summed E-state index contributed by atoms with van der Waals surface area (Å²) >= 11 is 0. The van der Waals surface area contributed by atoms with Gasteiger partial charge >= 0.3 is 0 Å². The first kappa shape index (κ1) is 13.5. The van der Waals surface area contributed by atoms with E-state index >= 15 is 0 Å². The lowest BCUT2D eigenvalue weighted by molar-refractivity contribution is 0.591. The van der Waals surface area contributed by atoms with Gasteiger partial charge in [0.1, 0.15) is 11.3 Å². The second-order valence-electron chi connectivity index (χ2n) is 5.42. The van der Waals surface area contributed by atoms with Crippen molar-refractivity contribution in [2.75, 3.05) is 0 Å². The Morgan fingerprint density at radius 1 is 0.783 bits per heavy atom. The van der Waals surface area contributed by atoms with Crippen LogP contribution in [0.1, 0.15) is 11.3 Å². The summed E-state index contributed by atoms with van der Waals surface area (Å²) in [5, 5.41) is 2.61. The summed E-state index contributed by atoms with van der Waals surface area (Å²) in [5.74, 6) is 0.557. The molecule has 2 nitrogen and oxygen atoms in total. The van der Waals surface area contributed by atoms with Crippen molar-refractivity contribution < 1.29 is 4.42 Å². The number of fused-ring (bicyclic) bond motifs is 3. The van der Waals surface area contributed by atoms with E-state index in [1.54, 1.807) is 6.07 Å². The molecule has 2 heteroatoms. The molecule has 0 unspecified atom stereocenters. The van der Waals surface area contributed by atoms with Gasteiger partial charge in [-0.15, -0.1) is 0 Å². The van der Waals surface area contributed by atoms with Crippen LogP contribution >= 0.6 is 0 Å². The third kappa shape index (κ3) is 2.55. The van der Waals surface area contributed by atoms with Crippen LogP contribution in [0.25, 0.3) is 33.9 Å². The third-order valence-corrected chi connectivity index (χ3v) is 3.88. The molecule has 0 amide bonds. The van der Waals surface area contributed by atoms with E-state index in [0.717, 1.165) is 16.3 Å². The fraction of sp³-hybridized carbons (Fsp3) is 0. The third-order valence-electron chi connectivity index (χ3n) is 3.88. The molecule has 0 spiro atoms. The highest BCUT2D eigenvalue weighted by atomic mass is 16.3. The molecule has 3 aromatic carbocycles. The van der Waals surface area contributed by atoms with E-state index in [9.17, 15) is 4.79 Å². The molecule has 0 bridgehead atoms. The van der Waals surface area contributed by atoms with Gasteiger partial charge in [0.25, 0.3) is 0 Å². The Kier molecular flexibility index (Phi) is 3.28. The van der Waals surface area contributed by atoms with Gasteiger partial charge in [-0.25, -0.2) is 0 Å². The van der Waals surface area contributed by atoms with Gasteiger partial charge in [-0.05, 0) is 28.5 Å². The van der Waals surface area contributed by atoms with E-state index in [2.05, 4.69) is 0 Å². The topological polar surface area (TPSA) is 30.2 Å². The van der Waals surface area contributed by atoms with Crippen LogP contribution in [0.5, 0.6) is 0 Å². The highest BCUT2D eigenvalue weighted by molar-refractivity contribution is 6.05. The van der Waals surface area contributed by atoms with Gasteiger partial charge in [0.2, 0.25) is 0 Å². The first-order chi connectivity index (χ1) is 11.3. The lowest BCUT2D eigenvalue weighted by Gasteiger charge is -2.03. The molecule has 0 fully saturated rings. The number of hydrogen-bond acceptors (Lipinski definition) is 2. The second kappa shape index (κ2) is 5.58. The minimum Gasteiger partial charge on any atom is -0.456 e. The highest BCUT2D eigenvalue weighted by Crippen LogP contribution is 2.23. The van der Waals surface area contributed by atoms with Crippen molar-refractivity contribution in [3.05, 3.63) is 94.3 Å². The van der Waals surface area contributed by atoms with Gasteiger partial charge in [-0.2, -0.15) is 0 Å². The quantitative estimate of drug-likeness (QED) is 0.481. The van der Waals surface area contributed by atoms with E-state index in [-0.39, 0.29) is 5.43 Å². The van der Waals surface area contributed by atoms with Crippen LogP contribution in [0.3, 0.4) is 0 Å². The molecule has 0 radical (unpaired) electrons. The molecule has 4 aromatic rings. The van der Waals surface area contributed by atoms with Crippen LogP contribution in [-0.4, -0.2) is 0 Å². The van der Waals surface area contributed by atoms with E-state index in [1.165, 1.54) is 0 Å². The molecule has 0 atom stereocenters. The Morgan fingerprint density at radius 2 is 1.57 bits per heavy atom. The first-order valence-corrected chi connectivity index (χ1v) is 7.50. The Balaban J connectivity index is 1.86. The van der Waals surface area contributed by atoms with E-state index in [4.69, 9.17) is 4.42 Å². The van der Waals surface area contributed by atoms with Crippen LogP contribution in [0.2, 0.25) is 0 Å². The fourth-order valence-electron chi connectivity index (χ4n) is 2.77. The summed E-state index contributed by atoms with van der Waals surface area (Å²) < 4.78 is 5.89. The van der Waals surface area contributed by atoms with Gasteiger partial charge in [0.15, 0.2) is 5.43 Å². The van der Waals surface area contributed by atoms with Crippen molar-refractivity contribution in [1.82, 2.24) is 0 Å². The summed E-state index contributed by atoms with van der Waals surface area (Å²) in [6, 6.07) is 23.2. The van der Waals surface area contributed by atoms with Crippen molar-refractivity contribution in [2.45, 2.75) is 0 Å². The van der Waals surface area contributed by atoms with Crippen LogP contribution in [-0.2, 0) is 0 Å². The molecule has 0 N–H and O–H groups in total. The average Bonchev–Trinajstić information content (AvgIpc) is 2.60. The summed E-state index contributed by atoms with van der Waals surface area (Å²) in [4.78, 5) is 12.5. The molecule has 110 valence electrons. The molecule has 0 saturated heterocycles. The van der Waals surface area contributed by atoms with Gasteiger partial charge in [-0.3, -0.25) is 4.79 Å². The van der Waals surface area contributed by atoms with E-state index < -0.39 is 0 Å². The largest absolute Gasteiger partial charge is 0.456 e. The maximum Gasteiger partial charge on any atom is 0.193 e. The van der Waals surface area contributed by atoms with Crippen LogP contribution in [0.4, 0.5) is 0 Å². The molecular formula is C21H14O2. The smallest absolute Gasteiger partial charge is 0.193 e. The fourth-order valence-corrected chi connectivity index (χ4v) is 2.77. The highest BCUT2D eigenvalue weighted by Gasteiger charge is 2.07. The Bertz CT molecular complexity index is 1070. The SMILES string of the molecule is O=c1cc(/C=C/c2ccccc2)oc2ccc3ccccc3c12. The second-order valence-corrected chi connectivity index (χ2v) is 5.42. The molecule has 1 heterocycles. The number of hydrogen-bond donors (Lipinski definition) is 0. The Labute approximate surface area is 133 Å². The molecule has 0 aliphatic rings. The van der Waals surface area contributed by atoms with Crippen LogP contribution < -0.4 is 5.43 Å². The number of rotatable bonds is 2. The van der Waals surface area contributed by atoms with E-state index in [1.807, 2.05) is 78.9 Å². The standard InChI is InChI=1S/C21H14O2/c22-19-14-17(12-10-15-6-2-1-3-7-15)23-20-13-11-16-8-4-5-9-18(16)21(19)20/h1-14H/b12-10+. The van der Waals surface area contributed by atoms with Crippen molar-refractivity contribution >= 4 is 33.9 Å². The van der Waals surface area contributed by atoms with Crippen LogP contribution in [0.15, 0.2) is 82.0 Å². The average molecular weight is 298 g/mol. The normalized spacial score (nSPS) is 11.5. The molecule has 1 aromatic heterocycles. The van der Waals surface area contributed by atoms with Gasteiger partial charge < -0.3 is 4.42 Å². The minimum atomic E-state index is -0.0178. The van der Waals surface area contributed by atoms with Gasteiger partial charge in [0, 0.05) is 6.07 Å². The summed E-state index contributed by atoms with van der Waals surface area (Å²) in [5.41, 5.74) is 1.66. The molecule has 0 aliphatic heterocycles. The predicted molar refractivity (Wildman–Crippen MR) is 95.4 cm³/mol. The van der Waals surface area contributed by atoms with Crippen molar-refractivity contribution in [3.8, 4) is 0 Å². The van der Waals surface area contributed by atoms with Crippen molar-refractivity contribution in [3.63, 3.8) is 0 Å². The molecule has 4 rings (SSSR count). The molecule has 0 aliphatic carbocycles. The monoisotopic (exact) mass is 298 g/mol. The predicted octanol–water partition coefficient (Wildman–Crippen LogP) is 5.12. The number of benzene rings is 3. The maximum atomic E-state index is 12.5. The summed E-state index contributed by atoms with van der Waals surface area (Å²) in [7, 11) is 0. The van der Waals surface area contributed by atoms with Crippen LogP contribution in [0, 0.1) is 0 Å². The van der Waals surface area contributed by atoms with Gasteiger partial charge in [-0.1, -0.05) is 66.7 Å².